The van der Waals surface area contributed by atoms with E-state index in [1.807, 2.05) is 6.07 Å². The summed E-state index contributed by atoms with van der Waals surface area (Å²) in [5, 5.41) is 3.35. The molecule has 1 aromatic rings. The van der Waals surface area contributed by atoms with Crippen molar-refractivity contribution in [2.75, 3.05) is 31.1 Å². The number of Topliss-reactive ketones (excluding diaryl/α,β-unsaturated/α-hetero) is 1. The fourth-order valence-corrected chi connectivity index (χ4v) is 3.16. The molecular weight excluding hydrogens is 276 g/mol. The molecule has 3 rings (SSSR count). The van der Waals surface area contributed by atoms with E-state index in [1.165, 1.54) is 10.8 Å². The highest BCUT2D eigenvalue weighted by Crippen LogP contribution is 2.37. The molecule has 0 atom stereocenters. The van der Waals surface area contributed by atoms with Crippen molar-refractivity contribution in [3.63, 3.8) is 0 Å². The summed E-state index contributed by atoms with van der Waals surface area (Å²) in [6.45, 7) is 3.91. The summed E-state index contributed by atoms with van der Waals surface area (Å²) in [7, 11) is 1.40. The fraction of sp³-hybridized carbons (Fsp3) is 0.500. The third-order valence-electron chi connectivity index (χ3n) is 3.74. The number of benzene rings is 1. The third-order valence-corrected chi connectivity index (χ3v) is 4.84. The van der Waals surface area contributed by atoms with Gasteiger partial charge in [0.1, 0.15) is 0 Å². The first-order chi connectivity index (χ1) is 9.29. The monoisotopic (exact) mass is 294 g/mol. The molecule has 1 saturated heterocycles. The first kappa shape index (κ1) is 13.3. The Morgan fingerprint density at radius 2 is 2.05 bits per heavy atom. The van der Waals surface area contributed by atoms with Crippen molar-refractivity contribution in [1.82, 2.24) is 5.32 Å². The Hall–Kier alpha value is -0.650. The zero-order valence-electron chi connectivity index (χ0n) is 10.8. The zero-order chi connectivity index (χ0) is 13.2. The Labute approximate surface area is 122 Å². The standard InChI is InChI=1S/C14H18N2OS2/c17-14(10-1-2-10)12-9-11(19-18)3-4-13(12)16-7-5-15-6-8-16/h3-4,9-10,15,18H,1-2,5-8H2. The number of carbonyl (C=O) groups is 1. The van der Waals surface area contributed by atoms with Crippen LogP contribution in [0.4, 0.5) is 5.69 Å². The van der Waals surface area contributed by atoms with Gasteiger partial charge in [0.05, 0.1) is 0 Å². The van der Waals surface area contributed by atoms with Crippen molar-refractivity contribution in [1.29, 1.82) is 0 Å². The minimum atomic E-state index is 0.266. The molecule has 1 N–H and O–H groups in total. The van der Waals surface area contributed by atoms with Crippen LogP contribution in [-0.4, -0.2) is 32.0 Å². The number of thiol groups is 1. The van der Waals surface area contributed by atoms with Gasteiger partial charge in [-0.15, -0.1) is 11.7 Å². The van der Waals surface area contributed by atoms with E-state index in [9.17, 15) is 4.79 Å². The Bertz CT molecular complexity index is 482. The highest BCUT2D eigenvalue weighted by molar-refractivity contribution is 8.68. The number of anilines is 1. The van der Waals surface area contributed by atoms with Gasteiger partial charge in [0.15, 0.2) is 5.78 Å². The van der Waals surface area contributed by atoms with Gasteiger partial charge >= 0.3 is 0 Å². The van der Waals surface area contributed by atoms with Crippen molar-refractivity contribution in [2.45, 2.75) is 17.7 Å². The van der Waals surface area contributed by atoms with Crippen LogP contribution < -0.4 is 10.2 Å². The largest absolute Gasteiger partial charge is 0.368 e. The molecule has 0 bridgehead atoms. The summed E-state index contributed by atoms with van der Waals surface area (Å²) in [4.78, 5) is 15.8. The van der Waals surface area contributed by atoms with E-state index in [1.54, 1.807) is 0 Å². The van der Waals surface area contributed by atoms with Gasteiger partial charge in [-0.25, -0.2) is 0 Å². The number of piperazine rings is 1. The Kier molecular flexibility index (Phi) is 4.05. The van der Waals surface area contributed by atoms with Crippen molar-refractivity contribution >= 4 is 33.9 Å². The molecule has 0 spiro atoms. The van der Waals surface area contributed by atoms with Gasteiger partial charge in [0, 0.05) is 48.2 Å². The second-order valence-electron chi connectivity index (χ2n) is 5.15. The molecule has 102 valence electrons. The number of hydrogen-bond donors (Lipinski definition) is 2. The lowest BCUT2D eigenvalue weighted by Gasteiger charge is -2.31. The minimum Gasteiger partial charge on any atom is -0.368 e. The molecule has 2 fully saturated rings. The molecule has 3 nitrogen and oxygen atoms in total. The molecule has 1 saturated carbocycles. The van der Waals surface area contributed by atoms with Gasteiger partial charge in [-0.1, -0.05) is 10.8 Å². The molecule has 1 aliphatic carbocycles. The molecular formula is C14H18N2OS2. The molecule has 0 amide bonds. The lowest BCUT2D eigenvalue weighted by atomic mass is 10.0. The minimum absolute atomic E-state index is 0.266. The van der Waals surface area contributed by atoms with Gasteiger partial charge in [-0.3, -0.25) is 4.79 Å². The number of nitrogens with one attached hydrogen (secondary N) is 1. The molecule has 5 heteroatoms. The number of carbonyl (C=O) groups excluding carboxylic acids is 1. The Balaban J connectivity index is 1.94. The first-order valence-corrected chi connectivity index (χ1v) is 8.62. The Morgan fingerprint density at radius 3 is 2.68 bits per heavy atom. The van der Waals surface area contributed by atoms with Crippen LogP contribution in [-0.2, 0) is 0 Å². The van der Waals surface area contributed by atoms with E-state index in [4.69, 9.17) is 0 Å². The summed E-state index contributed by atoms with van der Waals surface area (Å²) in [5.74, 6) is 0.583. The fourth-order valence-electron chi connectivity index (χ4n) is 2.52. The van der Waals surface area contributed by atoms with Gasteiger partial charge < -0.3 is 10.2 Å². The number of nitrogens with zero attached hydrogens (tertiary/aromatic N) is 1. The van der Waals surface area contributed by atoms with Crippen LogP contribution in [0.15, 0.2) is 23.1 Å². The van der Waals surface area contributed by atoms with Crippen LogP contribution in [0.3, 0.4) is 0 Å². The SMILES string of the molecule is O=C(c1cc(SS)ccc1N1CCNCC1)C1CC1. The van der Waals surface area contributed by atoms with Crippen LogP contribution in [0.1, 0.15) is 23.2 Å². The quantitative estimate of drug-likeness (QED) is 0.508. The maximum absolute atomic E-state index is 12.5. The summed E-state index contributed by atoms with van der Waals surface area (Å²) in [5.41, 5.74) is 1.99. The number of ketones is 1. The normalized spacial score (nSPS) is 19.5. The lowest BCUT2D eigenvalue weighted by molar-refractivity contribution is 0.0968. The van der Waals surface area contributed by atoms with E-state index in [0.29, 0.717) is 5.78 Å². The van der Waals surface area contributed by atoms with Crippen LogP contribution in [0.2, 0.25) is 0 Å². The summed E-state index contributed by atoms with van der Waals surface area (Å²) in [6.07, 6.45) is 2.11. The van der Waals surface area contributed by atoms with E-state index < -0.39 is 0 Å². The van der Waals surface area contributed by atoms with Crippen molar-refractivity contribution in [2.24, 2.45) is 5.92 Å². The molecule has 1 heterocycles. The van der Waals surface area contributed by atoms with Crippen LogP contribution in [0, 0.1) is 5.92 Å². The highest BCUT2D eigenvalue weighted by Gasteiger charge is 2.32. The average Bonchev–Trinajstić information content (AvgIpc) is 3.31. The summed E-state index contributed by atoms with van der Waals surface area (Å²) < 4.78 is 0. The second-order valence-corrected chi connectivity index (χ2v) is 6.35. The van der Waals surface area contributed by atoms with E-state index in [0.717, 1.165) is 55.2 Å². The van der Waals surface area contributed by atoms with Crippen molar-refractivity contribution in [3.8, 4) is 0 Å². The van der Waals surface area contributed by atoms with Crippen molar-refractivity contribution in [3.05, 3.63) is 23.8 Å². The number of hydrogen-bond acceptors (Lipinski definition) is 5. The van der Waals surface area contributed by atoms with E-state index >= 15 is 0 Å². The molecule has 0 unspecified atom stereocenters. The summed E-state index contributed by atoms with van der Waals surface area (Å²) in [6, 6.07) is 6.15. The van der Waals surface area contributed by atoms with Crippen LogP contribution in [0.25, 0.3) is 0 Å². The molecule has 1 aliphatic heterocycles. The molecule has 0 radical (unpaired) electrons. The Morgan fingerprint density at radius 1 is 1.32 bits per heavy atom. The van der Waals surface area contributed by atoms with Gasteiger partial charge in [-0.05, 0) is 31.0 Å². The highest BCUT2D eigenvalue weighted by atomic mass is 33.1. The van der Waals surface area contributed by atoms with Gasteiger partial charge in [0.2, 0.25) is 0 Å². The lowest BCUT2D eigenvalue weighted by Crippen LogP contribution is -2.44. The van der Waals surface area contributed by atoms with Crippen LogP contribution in [0.5, 0.6) is 0 Å². The number of rotatable bonds is 4. The maximum atomic E-state index is 12.5. The van der Waals surface area contributed by atoms with Gasteiger partial charge in [-0.2, -0.15) is 0 Å². The van der Waals surface area contributed by atoms with Crippen LogP contribution >= 0.6 is 22.5 Å². The third kappa shape index (κ3) is 2.93. The predicted octanol–water partition coefficient (Wildman–Crippen LogP) is 2.63. The topological polar surface area (TPSA) is 32.3 Å². The predicted molar refractivity (Wildman–Crippen MR) is 83.4 cm³/mol. The second kappa shape index (κ2) is 5.77. The first-order valence-electron chi connectivity index (χ1n) is 6.75. The molecule has 2 aliphatic rings. The smallest absolute Gasteiger partial charge is 0.168 e. The van der Waals surface area contributed by atoms with E-state index in [2.05, 4.69) is 34.0 Å². The van der Waals surface area contributed by atoms with E-state index in [-0.39, 0.29) is 5.92 Å². The molecule has 19 heavy (non-hydrogen) atoms. The average molecular weight is 294 g/mol. The maximum Gasteiger partial charge on any atom is 0.168 e. The molecule has 0 aromatic heterocycles. The molecule has 1 aromatic carbocycles. The van der Waals surface area contributed by atoms with Crippen molar-refractivity contribution < 1.29 is 4.79 Å². The zero-order valence-corrected chi connectivity index (χ0v) is 12.5. The summed E-state index contributed by atoms with van der Waals surface area (Å²) >= 11 is 4.24. The van der Waals surface area contributed by atoms with Gasteiger partial charge in [0.25, 0.3) is 0 Å².